The number of carbonyl (C=O) groups excluding carboxylic acids is 2. The lowest BCUT2D eigenvalue weighted by Gasteiger charge is -2.38. The highest BCUT2D eigenvalue weighted by Gasteiger charge is 2.33. The minimum absolute atomic E-state index is 0.141. The van der Waals surface area contributed by atoms with Gasteiger partial charge in [0.25, 0.3) is 5.91 Å². The number of likely N-dealkylation sites (N-methyl/N-ethyl adjacent to an activating group) is 1. The first-order valence-electron chi connectivity index (χ1n) is 10.3. The number of anilines is 1. The van der Waals surface area contributed by atoms with Crippen molar-refractivity contribution in [3.05, 3.63) is 48.2 Å². The first-order chi connectivity index (χ1) is 15.0. The SMILES string of the molecule is CCn1ccc(NC(=O)[C@@H]2CN(C(=O)c3cc(OC)nc4ccccc34)CCN2C)n1. The molecule has 1 saturated heterocycles. The Morgan fingerprint density at radius 2 is 2.03 bits per heavy atom. The minimum atomic E-state index is -0.473. The van der Waals surface area contributed by atoms with Gasteiger partial charge < -0.3 is 15.0 Å². The van der Waals surface area contributed by atoms with Crippen LogP contribution in [0.15, 0.2) is 42.6 Å². The van der Waals surface area contributed by atoms with E-state index in [9.17, 15) is 9.59 Å². The lowest BCUT2D eigenvalue weighted by molar-refractivity contribution is -0.122. The maximum absolute atomic E-state index is 13.4. The number of carbonyl (C=O) groups is 2. The zero-order valence-corrected chi connectivity index (χ0v) is 17.9. The van der Waals surface area contributed by atoms with Crippen molar-refractivity contribution in [3.63, 3.8) is 0 Å². The summed E-state index contributed by atoms with van der Waals surface area (Å²) in [6, 6.07) is 10.4. The van der Waals surface area contributed by atoms with E-state index in [2.05, 4.69) is 15.4 Å². The van der Waals surface area contributed by atoms with Crippen LogP contribution in [0.4, 0.5) is 5.82 Å². The van der Waals surface area contributed by atoms with Crippen molar-refractivity contribution >= 4 is 28.5 Å². The molecule has 3 heterocycles. The summed E-state index contributed by atoms with van der Waals surface area (Å²) in [6.07, 6.45) is 1.82. The maximum atomic E-state index is 13.4. The third kappa shape index (κ3) is 4.22. The molecule has 1 atom stereocenters. The van der Waals surface area contributed by atoms with Crippen molar-refractivity contribution in [1.82, 2.24) is 24.6 Å². The summed E-state index contributed by atoms with van der Waals surface area (Å²) in [7, 11) is 3.42. The number of rotatable bonds is 5. The molecule has 162 valence electrons. The molecule has 2 amide bonds. The van der Waals surface area contributed by atoms with Gasteiger partial charge in [0.1, 0.15) is 6.04 Å². The van der Waals surface area contributed by atoms with Crippen LogP contribution in [0.3, 0.4) is 0 Å². The van der Waals surface area contributed by atoms with Gasteiger partial charge in [-0.3, -0.25) is 19.2 Å². The fraction of sp³-hybridized carbons (Fsp3) is 0.364. The van der Waals surface area contributed by atoms with Crippen LogP contribution in [0, 0.1) is 0 Å². The third-order valence-electron chi connectivity index (χ3n) is 5.59. The zero-order valence-electron chi connectivity index (χ0n) is 17.9. The van der Waals surface area contributed by atoms with Crippen molar-refractivity contribution < 1.29 is 14.3 Å². The van der Waals surface area contributed by atoms with Gasteiger partial charge >= 0.3 is 0 Å². The van der Waals surface area contributed by atoms with Gasteiger partial charge in [0.15, 0.2) is 5.82 Å². The van der Waals surface area contributed by atoms with Gasteiger partial charge in [0.2, 0.25) is 11.8 Å². The highest BCUT2D eigenvalue weighted by Crippen LogP contribution is 2.24. The quantitative estimate of drug-likeness (QED) is 0.675. The Hall–Kier alpha value is -3.46. The van der Waals surface area contributed by atoms with Gasteiger partial charge in [0.05, 0.1) is 18.2 Å². The maximum Gasteiger partial charge on any atom is 0.254 e. The Morgan fingerprint density at radius 1 is 1.23 bits per heavy atom. The van der Waals surface area contributed by atoms with Gasteiger partial charge in [-0.1, -0.05) is 18.2 Å². The smallest absolute Gasteiger partial charge is 0.254 e. The van der Waals surface area contributed by atoms with Crippen molar-refractivity contribution in [3.8, 4) is 5.88 Å². The third-order valence-corrected chi connectivity index (χ3v) is 5.59. The molecule has 0 bridgehead atoms. The van der Waals surface area contributed by atoms with Crippen molar-refractivity contribution in [2.75, 3.05) is 39.1 Å². The second-order valence-corrected chi connectivity index (χ2v) is 7.52. The molecule has 2 aromatic heterocycles. The summed E-state index contributed by atoms with van der Waals surface area (Å²) < 4.78 is 7.04. The van der Waals surface area contributed by atoms with Crippen molar-refractivity contribution in [2.45, 2.75) is 19.5 Å². The number of ether oxygens (including phenoxy) is 1. The fourth-order valence-corrected chi connectivity index (χ4v) is 3.76. The van der Waals surface area contributed by atoms with Crippen LogP contribution < -0.4 is 10.1 Å². The highest BCUT2D eigenvalue weighted by molar-refractivity contribution is 6.07. The number of para-hydroxylation sites is 1. The first kappa shape index (κ1) is 20.8. The molecule has 0 saturated carbocycles. The van der Waals surface area contributed by atoms with Crippen molar-refractivity contribution in [1.29, 1.82) is 0 Å². The standard InChI is InChI=1S/C22H26N6O3/c1-4-28-10-9-19(25-28)24-21(29)18-14-27(12-11-26(18)2)22(30)16-13-20(31-3)23-17-8-6-5-7-15(16)17/h5-10,13,18H,4,11-12,14H2,1-3H3,(H,24,25,29)/t18-/m0/s1. The van der Waals surface area contributed by atoms with E-state index in [4.69, 9.17) is 4.74 Å². The van der Waals surface area contributed by atoms with Crippen LogP contribution in [0.25, 0.3) is 10.9 Å². The molecule has 1 N–H and O–H groups in total. The molecule has 1 aliphatic heterocycles. The second-order valence-electron chi connectivity index (χ2n) is 7.52. The Kier molecular flexibility index (Phi) is 5.85. The van der Waals surface area contributed by atoms with Crippen LogP contribution >= 0.6 is 0 Å². The molecule has 1 aromatic carbocycles. The highest BCUT2D eigenvalue weighted by atomic mass is 16.5. The monoisotopic (exact) mass is 422 g/mol. The van der Waals surface area contributed by atoms with Crippen LogP contribution in [-0.4, -0.2) is 76.2 Å². The number of hydrogen-bond acceptors (Lipinski definition) is 6. The molecule has 0 radical (unpaired) electrons. The minimum Gasteiger partial charge on any atom is -0.481 e. The predicted molar refractivity (Wildman–Crippen MR) is 117 cm³/mol. The summed E-state index contributed by atoms with van der Waals surface area (Å²) in [5.41, 5.74) is 1.22. The predicted octanol–water partition coefficient (Wildman–Crippen LogP) is 1.85. The molecule has 1 aliphatic rings. The molecule has 4 rings (SSSR count). The van der Waals surface area contributed by atoms with Crippen LogP contribution in [0.2, 0.25) is 0 Å². The van der Waals surface area contributed by atoms with Gasteiger partial charge in [-0.2, -0.15) is 5.10 Å². The van der Waals surface area contributed by atoms with E-state index in [1.807, 2.05) is 49.3 Å². The summed E-state index contributed by atoms with van der Waals surface area (Å²) >= 11 is 0. The van der Waals surface area contributed by atoms with Crippen LogP contribution in [-0.2, 0) is 11.3 Å². The van der Waals surface area contributed by atoms with E-state index >= 15 is 0 Å². The molecule has 1 fully saturated rings. The number of benzene rings is 1. The molecule has 0 aliphatic carbocycles. The Bertz CT molecular complexity index is 1110. The van der Waals surface area contributed by atoms with E-state index in [0.717, 1.165) is 11.9 Å². The molecule has 0 spiro atoms. The van der Waals surface area contributed by atoms with Gasteiger partial charge in [-0.25, -0.2) is 4.98 Å². The molecule has 9 nitrogen and oxygen atoms in total. The number of methoxy groups -OCH3 is 1. The average molecular weight is 422 g/mol. The largest absolute Gasteiger partial charge is 0.481 e. The number of nitrogens with one attached hydrogen (secondary N) is 1. The first-order valence-corrected chi connectivity index (χ1v) is 10.3. The van der Waals surface area contributed by atoms with Crippen molar-refractivity contribution in [2.24, 2.45) is 0 Å². The Labute approximate surface area is 180 Å². The number of aromatic nitrogens is 3. The topological polar surface area (TPSA) is 92.6 Å². The summed E-state index contributed by atoms with van der Waals surface area (Å²) in [4.78, 5) is 34.5. The number of pyridine rings is 1. The number of aryl methyl sites for hydroxylation is 1. The number of amides is 2. The number of nitrogens with zero attached hydrogens (tertiary/aromatic N) is 5. The van der Waals surface area contributed by atoms with Gasteiger partial charge in [-0.05, 0) is 20.0 Å². The molecule has 31 heavy (non-hydrogen) atoms. The van der Waals surface area contributed by atoms with Crippen LogP contribution in [0.5, 0.6) is 5.88 Å². The molecule has 0 unspecified atom stereocenters. The van der Waals surface area contributed by atoms with Gasteiger partial charge in [0, 0.05) is 49.9 Å². The average Bonchev–Trinajstić information content (AvgIpc) is 3.25. The normalized spacial score (nSPS) is 17.0. The summed E-state index contributed by atoms with van der Waals surface area (Å²) in [5, 5.41) is 7.93. The Morgan fingerprint density at radius 3 is 2.77 bits per heavy atom. The van der Waals surface area contributed by atoms with E-state index in [0.29, 0.717) is 35.9 Å². The Balaban J connectivity index is 1.56. The molecular weight excluding hydrogens is 396 g/mol. The van der Waals surface area contributed by atoms with E-state index < -0.39 is 6.04 Å². The number of piperazine rings is 1. The lowest BCUT2D eigenvalue weighted by Crippen LogP contribution is -2.57. The molecule has 3 aromatic rings. The van der Waals surface area contributed by atoms with Crippen LogP contribution in [0.1, 0.15) is 17.3 Å². The van der Waals surface area contributed by atoms with E-state index in [-0.39, 0.29) is 18.4 Å². The van der Waals surface area contributed by atoms with Gasteiger partial charge in [-0.15, -0.1) is 0 Å². The van der Waals surface area contributed by atoms with E-state index in [1.54, 1.807) is 21.7 Å². The fourth-order valence-electron chi connectivity index (χ4n) is 3.76. The number of fused-ring (bicyclic) bond motifs is 1. The summed E-state index contributed by atoms with van der Waals surface area (Å²) in [6.45, 7) is 4.12. The molecule has 9 heteroatoms. The zero-order chi connectivity index (χ0) is 22.0. The summed E-state index contributed by atoms with van der Waals surface area (Å²) in [5.74, 6) is 0.571. The second kappa shape index (κ2) is 8.73. The number of hydrogen-bond donors (Lipinski definition) is 1. The lowest BCUT2D eigenvalue weighted by atomic mass is 10.1. The van der Waals surface area contributed by atoms with E-state index in [1.165, 1.54) is 7.11 Å². The molecular formula is C22H26N6O3.